The van der Waals surface area contributed by atoms with Crippen LogP contribution >= 0.6 is 0 Å². The molecule has 2 heterocycles. The van der Waals surface area contributed by atoms with Crippen molar-refractivity contribution in [2.75, 3.05) is 26.3 Å². The fourth-order valence-electron chi connectivity index (χ4n) is 2.94. The Labute approximate surface area is 144 Å². The number of fused-ring (bicyclic) bond motifs is 1. The van der Waals surface area contributed by atoms with E-state index in [1.165, 1.54) is 0 Å². The number of morpholine rings is 1. The molecular weight excluding hydrogens is 318 g/mol. The molecule has 1 aromatic heterocycles. The molecule has 1 aliphatic rings. The minimum Gasteiger partial charge on any atom is -0.378 e. The van der Waals surface area contributed by atoms with Crippen LogP contribution in [0.5, 0.6) is 0 Å². The van der Waals surface area contributed by atoms with Gasteiger partial charge in [-0.1, -0.05) is 24.3 Å². The summed E-state index contributed by atoms with van der Waals surface area (Å²) in [4.78, 5) is 33.7. The van der Waals surface area contributed by atoms with Gasteiger partial charge in [0.05, 0.1) is 24.1 Å². The summed E-state index contributed by atoms with van der Waals surface area (Å²) in [5.41, 5.74) is 1.86. The quantitative estimate of drug-likeness (QED) is 0.778. The van der Waals surface area contributed by atoms with E-state index in [2.05, 4.69) is 9.97 Å². The van der Waals surface area contributed by atoms with Gasteiger partial charge in [-0.2, -0.15) is 0 Å². The molecule has 25 heavy (non-hydrogen) atoms. The highest BCUT2D eigenvalue weighted by atomic mass is 16.5. The van der Waals surface area contributed by atoms with E-state index < -0.39 is 0 Å². The second-order valence-electron chi connectivity index (χ2n) is 5.91. The summed E-state index contributed by atoms with van der Waals surface area (Å²) in [6, 6.07) is 14.4. The largest absolute Gasteiger partial charge is 0.378 e. The SMILES string of the molecule is O=C(c1ccc(-c2nc3ccccc3c(=O)[nH]2)cc1)N1CCOCC1. The number of benzene rings is 2. The number of amides is 1. The number of aromatic amines is 1. The first-order valence-electron chi connectivity index (χ1n) is 8.19. The maximum Gasteiger partial charge on any atom is 0.259 e. The Bertz CT molecular complexity index is 973. The minimum atomic E-state index is -0.172. The second kappa shape index (κ2) is 6.49. The average molecular weight is 335 g/mol. The summed E-state index contributed by atoms with van der Waals surface area (Å²) < 4.78 is 5.27. The number of nitrogens with one attached hydrogen (secondary N) is 1. The Kier molecular flexibility index (Phi) is 4.03. The fourth-order valence-corrected chi connectivity index (χ4v) is 2.94. The summed E-state index contributed by atoms with van der Waals surface area (Å²) in [5, 5.41) is 0.561. The first-order chi connectivity index (χ1) is 12.2. The van der Waals surface area contributed by atoms with Crippen molar-refractivity contribution in [2.24, 2.45) is 0 Å². The Morgan fingerprint density at radius 2 is 1.76 bits per heavy atom. The van der Waals surface area contributed by atoms with Crippen molar-refractivity contribution in [3.8, 4) is 11.4 Å². The van der Waals surface area contributed by atoms with Crippen molar-refractivity contribution in [2.45, 2.75) is 0 Å². The van der Waals surface area contributed by atoms with Crippen LogP contribution in [0, 0.1) is 0 Å². The molecule has 6 nitrogen and oxygen atoms in total. The van der Waals surface area contributed by atoms with E-state index in [0.29, 0.717) is 48.6 Å². The van der Waals surface area contributed by atoms with E-state index in [1.54, 1.807) is 35.2 Å². The van der Waals surface area contributed by atoms with E-state index in [4.69, 9.17) is 4.74 Å². The van der Waals surface area contributed by atoms with Crippen LogP contribution < -0.4 is 5.56 Å². The number of hydrogen-bond acceptors (Lipinski definition) is 4. The van der Waals surface area contributed by atoms with Crippen LogP contribution in [0.3, 0.4) is 0 Å². The molecule has 0 bridgehead atoms. The Morgan fingerprint density at radius 1 is 1.04 bits per heavy atom. The molecule has 0 radical (unpaired) electrons. The number of nitrogens with zero attached hydrogens (tertiary/aromatic N) is 2. The number of H-pyrrole nitrogens is 1. The molecule has 1 aliphatic heterocycles. The van der Waals surface area contributed by atoms with Gasteiger partial charge < -0.3 is 14.6 Å². The molecule has 0 unspecified atom stereocenters. The third-order valence-electron chi connectivity index (χ3n) is 4.32. The number of rotatable bonds is 2. The van der Waals surface area contributed by atoms with Gasteiger partial charge in [-0.3, -0.25) is 9.59 Å². The van der Waals surface area contributed by atoms with Gasteiger partial charge in [0.2, 0.25) is 0 Å². The van der Waals surface area contributed by atoms with Crippen molar-refractivity contribution < 1.29 is 9.53 Å². The highest BCUT2D eigenvalue weighted by Gasteiger charge is 2.18. The van der Waals surface area contributed by atoms with E-state index in [0.717, 1.165) is 5.56 Å². The molecule has 2 aromatic carbocycles. The van der Waals surface area contributed by atoms with Crippen LogP contribution in [-0.2, 0) is 4.74 Å². The van der Waals surface area contributed by atoms with Crippen LogP contribution in [0.25, 0.3) is 22.3 Å². The maximum atomic E-state index is 12.5. The van der Waals surface area contributed by atoms with E-state index in [9.17, 15) is 9.59 Å². The van der Waals surface area contributed by atoms with Crippen LogP contribution in [0.1, 0.15) is 10.4 Å². The number of para-hydroxylation sites is 1. The molecule has 0 spiro atoms. The van der Waals surface area contributed by atoms with Crippen molar-refractivity contribution in [3.05, 3.63) is 64.4 Å². The van der Waals surface area contributed by atoms with Crippen molar-refractivity contribution in [3.63, 3.8) is 0 Å². The molecule has 1 amide bonds. The van der Waals surface area contributed by atoms with Crippen molar-refractivity contribution >= 4 is 16.8 Å². The van der Waals surface area contributed by atoms with Gasteiger partial charge in [0.25, 0.3) is 11.5 Å². The van der Waals surface area contributed by atoms with Crippen LogP contribution in [0.2, 0.25) is 0 Å². The molecule has 1 N–H and O–H groups in total. The Morgan fingerprint density at radius 3 is 2.52 bits per heavy atom. The molecular formula is C19H17N3O3. The maximum absolute atomic E-state index is 12.5. The number of carbonyl (C=O) groups is 1. The lowest BCUT2D eigenvalue weighted by Crippen LogP contribution is -2.40. The van der Waals surface area contributed by atoms with Gasteiger partial charge in [-0.25, -0.2) is 4.98 Å². The summed E-state index contributed by atoms with van der Waals surface area (Å²) in [7, 11) is 0. The van der Waals surface area contributed by atoms with Crippen molar-refractivity contribution in [1.82, 2.24) is 14.9 Å². The Balaban J connectivity index is 1.64. The molecule has 1 fully saturated rings. The minimum absolute atomic E-state index is 0.00480. The zero-order valence-corrected chi connectivity index (χ0v) is 13.6. The molecule has 126 valence electrons. The highest BCUT2D eigenvalue weighted by molar-refractivity contribution is 5.94. The third kappa shape index (κ3) is 3.04. The predicted molar refractivity (Wildman–Crippen MR) is 94.5 cm³/mol. The summed E-state index contributed by atoms with van der Waals surface area (Å²) in [6.07, 6.45) is 0. The van der Waals surface area contributed by atoms with E-state index in [1.807, 2.05) is 18.2 Å². The van der Waals surface area contributed by atoms with E-state index >= 15 is 0 Å². The van der Waals surface area contributed by atoms with Crippen LogP contribution in [0.4, 0.5) is 0 Å². The highest BCUT2D eigenvalue weighted by Crippen LogP contribution is 2.18. The third-order valence-corrected chi connectivity index (χ3v) is 4.32. The fraction of sp³-hybridized carbons (Fsp3) is 0.211. The van der Waals surface area contributed by atoms with Gasteiger partial charge >= 0.3 is 0 Å². The standard InChI is InChI=1S/C19H17N3O3/c23-18-15-3-1-2-4-16(15)20-17(21-18)13-5-7-14(8-6-13)19(24)22-9-11-25-12-10-22/h1-8H,9-12H2,(H,20,21,23). The first-order valence-corrected chi connectivity index (χ1v) is 8.19. The second-order valence-corrected chi connectivity index (χ2v) is 5.91. The molecule has 6 heteroatoms. The topological polar surface area (TPSA) is 75.3 Å². The van der Waals surface area contributed by atoms with Gasteiger partial charge in [0.1, 0.15) is 5.82 Å². The monoisotopic (exact) mass is 335 g/mol. The zero-order valence-electron chi connectivity index (χ0n) is 13.6. The van der Waals surface area contributed by atoms with Gasteiger partial charge in [-0.05, 0) is 24.3 Å². The van der Waals surface area contributed by atoms with Gasteiger partial charge in [-0.15, -0.1) is 0 Å². The average Bonchev–Trinajstić information content (AvgIpc) is 2.68. The first kappa shape index (κ1) is 15.5. The normalized spacial score (nSPS) is 14.6. The number of aromatic nitrogens is 2. The molecule has 3 aromatic rings. The van der Waals surface area contributed by atoms with Crippen LogP contribution in [0.15, 0.2) is 53.3 Å². The smallest absolute Gasteiger partial charge is 0.259 e. The van der Waals surface area contributed by atoms with Gasteiger partial charge in [0, 0.05) is 24.2 Å². The number of ether oxygens (including phenoxy) is 1. The summed E-state index contributed by atoms with van der Waals surface area (Å²) in [6.45, 7) is 2.37. The van der Waals surface area contributed by atoms with E-state index in [-0.39, 0.29) is 11.5 Å². The molecule has 0 aliphatic carbocycles. The van der Waals surface area contributed by atoms with Crippen molar-refractivity contribution in [1.29, 1.82) is 0 Å². The summed E-state index contributed by atoms with van der Waals surface area (Å²) >= 11 is 0. The lowest BCUT2D eigenvalue weighted by Gasteiger charge is -2.26. The van der Waals surface area contributed by atoms with Gasteiger partial charge in [0.15, 0.2) is 0 Å². The Hall–Kier alpha value is -2.99. The van der Waals surface area contributed by atoms with Crippen LogP contribution in [-0.4, -0.2) is 47.1 Å². The summed E-state index contributed by atoms with van der Waals surface area (Å²) in [5.74, 6) is 0.490. The predicted octanol–water partition coefficient (Wildman–Crippen LogP) is 2.06. The number of hydrogen-bond donors (Lipinski definition) is 1. The number of carbonyl (C=O) groups excluding carboxylic acids is 1. The molecule has 0 saturated carbocycles. The lowest BCUT2D eigenvalue weighted by molar-refractivity contribution is 0.0303. The molecule has 0 atom stereocenters. The molecule has 1 saturated heterocycles. The lowest BCUT2D eigenvalue weighted by atomic mass is 10.1. The zero-order chi connectivity index (χ0) is 17.2. The molecule has 4 rings (SSSR count).